The van der Waals surface area contributed by atoms with Crippen molar-refractivity contribution in [3.05, 3.63) is 53.6 Å². The number of carbonyl (C=O) groups is 2. The molecular weight excluding hydrogens is 378 g/mol. The van der Waals surface area contributed by atoms with Crippen molar-refractivity contribution in [1.82, 2.24) is 5.32 Å². The van der Waals surface area contributed by atoms with Crippen LogP contribution in [0.4, 0.5) is 5.69 Å². The Labute approximate surface area is 166 Å². The number of ether oxygens (including phenoxy) is 1. The number of rotatable bonds is 6. The maximum absolute atomic E-state index is 12.9. The molecule has 3 rings (SSSR count). The minimum Gasteiger partial charge on any atom is -0.489 e. The number of hydrogen-bond acceptors (Lipinski definition) is 5. The van der Waals surface area contributed by atoms with Crippen LogP contribution in [0.15, 0.2) is 47.4 Å². The SMILES string of the molecule is CS(=O)c1ccc(C(=O)Nc2ccccc2C(N)=O)c(OC2CCNCC2)c1. The molecule has 1 fully saturated rings. The summed E-state index contributed by atoms with van der Waals surface area (Å²) < 4.78 is 18.0. The molecule has 1 heterocycles. The normalized spacial score (nSPS) is 15.6. The first-order valence-corrected chi connectivity index (χ1v) is 10.6. The van der Waals surface area contributed by atoms with E-state index in [0.717, 1.165) is 25.9 Å². The third-order valence-electron chi connectivity index (χ3n) is 4.55. The molecule has 148 valence electrons. The van der Waals surface area contributed by atoms with Gasteiger partial charge in [-0.15, -0.1) is 0 Å². The molecule has 2 aromatic carbocycles. The molecule has 4 N–H and O–H groups in total. The number of piperidine rings is 1. The van der Waals surface area contributed by atoms with E-state index in [0.29, 0.717) is 21.9 Å². The van der Waals surface area contributed by atoms with Gasteiger partial charge in [0.25, 0.3) is 11.8 Å². The highest BCUT2D eigenvalue weighted by atomic mass is 32.2. The van der Waals surface area contributed by atoms with Crippen molar-refractivity contribution in [3.8, 4) is 5.75 Å². The second-order valence-corrected chi connectivity index (χ2v) is 7.92. The van der Waals surface area contributed by atoms with Gasteiger partial charge in [0.2, 0.25) is 0 Å². The molecule has 2 amide bonds. The van der Waals surface area contributed by atoms with Crippen molar-refractivity contribution >= 4 is 28.3 Å². The fraction of sp³-hybridized carbons (Fsp3) is 0.300. The van der Waals surface area contributed by atoms with E-state index in [9.17, 15) is 13.8 Å². The van der Waals surface area contributed by atoms with Crippen LogP contribution in [0.25, 0.3) is 0 Å². The third-order valence-corrected chi connectivity index (χ3v) is 5.47. The summed E-state index contributed by atoms with van der Waals surface area (Å²) >= 11 is 0. The minimum atomic E-state index is -1.20. The first-order chi connectivity index (χ1) is 13.5. The molecule has 0 aliphatic carbocycles. The van der Waals surface area contributed by atoms with Gasteiger partial charge in [-0.3, -0.25) is 13.8 Å². The van der Waals surface area contributed by atoms with Gasteiger partial charge in [0.05, 0.1) is 16.8 Å². The second kappa shape index (κ2) is 8.99. The van der Waals surface area contributed by atoms with Gasteiger partial charge in [-0.25, -0.2) is 0 Å². The number of nitrogens with one attached hydrogen (secondary N) is 2. The number of hydrogen-bond donors (Lipinski definition) is 3. The molecule has 0 aromatic heterocycles. The Hall–Kier alpha value is -2.71. The van der Waals surface area contributed by atoms with E-state index in [1.54, 1.807) is 48.7 Å². The fourth-order valence-corrected chi connectivity index (χ4v) is 3.59. The average Bonchev–Trinajstić information content (AvgIpc) is 2.69. The Morgan fingerprint density at radius 3 is 2.54 bits per heavy atom. The van der Waals surface area contributed by atoms with Crippen molar-refractivity contribution in [1.29, 1.82) is 0 Å². The standard InChI is InChI=1S/C20H23N3O4S/c1-28(26)14-6-7-16(18(12-14)27-13-8-10-22-11-9-13)20(25)23-17-5-3-2-4-15(17)19(21)24/h2-7,12-13,22H,8-11H2,1H3,(H2,21,24)(H,23,25). The van der Waals surface area contributed by atoms with Gasteiger partial charge in [-0.1, -0.05) is 12.1 Å². The zero-order valence-corrected chi connectivity index (χ0v) is 16.4. The summed E-state index contributed by atoms with van der Waals surface area (Å²) in [6, 6.07) is 11.4. The highest BCUT2D eigenvalue weighted by Gasteiger charge is 2.21. The fourth-order valence-electron chi connectivity index (χ4n) is 3.06. The smallest absolute Gasteiger partial charge is 0.259 e. The molecule has 1 atom stereocenters. The maximum Gasteiger partial charge on any atom is 0.259 e. The summed E-state index contributed by atoms with van der Waals surface area (Å²) in [6.07, 6.45) is 3.20. The lowest BCUT2D eigenvalue weighted by Crippen LogP contribution is -2.34. The zero-order valence-electron chi connectivity index (χ0n) is 15.6. The van der Waals surface area contributed by atoms with Crippen LogP contribution in [0.5, 0.6) is 5.75 Å². The Balaban J connectivity index is 1.90. The summed E-state index contributed by atoms with van der Waals surface area (Å²) in [5.41, 5.74) is 6.25. The molecule has 1 unspecified atom stereocenters. The molecule has 1 saturated heterocycles. The van der Waals surface area contributed by atoms with Crippen molar-refractivity contribution in [2.75, 3.05) is 24.7 Å². The van der Waals surface area contributed by atoms with Crippen LogP contribution in [0.2, 0.25) is 0 Å². The zero-order chi connectivity index (χ0) is 20.1. The van der Waals surface area contributed by atoms with E-state index in [1.807, 2.05) is 0 Å². The molecule has 2 aromatic rings. The number of anilines is 1. The highest BCUT2D eigenvalue weighted by Crippen LogP contribution is 2.27. The Kier molecular flexibility index (Phi) is 6.43. The number of para-hydroxylation sites is 1. The van der Waals surface area contributed by atoms with Crippen molar-refractivity contribution in [2.24, 2.45) is 5.73 Å². The predicted molar refractivity (Wildman–Crippen MR) is 108 cm³/mol. The lowest BCUT2D eigenvalue weighted by atomic mass is 10.1. The molecule has 0 bridgehead atoms. The van der Waals surface area contributed by atoms with E-state index >= 15 is 0 Å². The topological polar surface area (TPSA) is 111 Å². The number of primary amides is 1. The number of nitrogens with two attached hydrogens (primary N) is 1. The number of amides is 2. The van der Waals surface area contributed by atoms with Gasteiger partial charge in [-0.2, -0.15) is 0 Å². The number of carbonyl (C=O) groups excluding carboxylic acids is 2. The van der Waals surface area contributed by atoms with Crippen LogP contribution in [-0.4, -0.2) is 41.5 Å². The predicted octanol–water partition coefficient (Wildman–Crippen LogP) is 1.91. The van der Waals surface area contributed by atoms with Gasteiger partial charge in [-0.05, 0) is 56.3 Å². The molecule has 28 heavy (non-hydrogen) atoms. The largest absolute Gasteiger partial charge is 0.489 e. The summed E-state index contributed by atoms with van der Waals surface area (Å²) in [5.74, 6) is -0.668. The van der Waals surface area contributed by atoms with Crippen LogP contribution >= 0.6 is 0 Å². The third kappa shape index (κ3) is 4.76. The van der Waals surface area contributed by atoms with E-state index in [-0.39, 0.29) is 11.7 Å². The second-order valence-electron chi connectivity index (χ2n) is 6.54. The van der Waals surface area contributed by atoms with Gasteiger partial charge in [0.1, 0.15) is 11.9 Å². The first kappa shape index (κ1) is 20.0. The summed E-state index contributed by atoms with van der Waals surface area (Å²) in [7, 11) is -1.20. The van der Waals surface area contributed by atoms with E-state index < -0.39 is 22.6 Å². The van der Waals surface area contributed by atoms with Gasteiger partial charge < -0.3 is 21.1 Å². The molecule has 0 saturated carbocycles. The summed E-state index contributed by atoms with van der Waals surface area (Å²) in [6.45, 7) is 1.69. The summed E-state index contributed by atoms with van der Waals surface area (Å²) in [5, 5.41) is 5.99. The van der Waals surface area contributed by atoms with Crippen molar-refractivity contribution in [3.63, 3.8) is 0 Å². The molecule has 0 spiro atoms. The first-order valence-electron chi connectivity index (χ1n) is 9.00. The van der Waals surface area contributed by atoms with Crippen LogP contribution in [-0.2, 0) is 10.8 Å². The molecule has 7 nitrogen and oxygen atoms in total. The van der Waals surface area contributed by atoms with Gasteiger partial charge in [0, 0.05) is 22.0 Å². The number of benzene rings is 2. The molecule has 0 radical (unpaired) electrons. The Morgan fingerprint density at radius 1 is 1.14 bits per heavy atom. The minimum absolute atomic E-state index is 0.0220. The van der Waals surface area contributed by atoms with E-state index in [2.05, 4.69) is 10.6 Å². The van der Waals surface area contributed by atoms with Crippen LogP contribution in [0, 0.1) is 0 Å². The van der Waals surface area contributed by atoms with Crippen LogP contribution < -0.4 is 21.1 Å². The Bertz CT molecular complexity index is 910. The molecule has 8 heteroatoms. The quantitative estimate of drug-likeness (QED) is 0.685. The van der Waals surface area contributed by atoms with Gasteiger partial charge >= 0.3 is 0 Å². The monoisotopic (exact) mass is 401 g/mol. The molecular formula is C20H23N3O4S. The lowest BCUT2D eigenvalue weighted by molar-refractivity contribution is 0.100. The molecule has 1 aliphatic rings. The van der Waals surface area contributed by atoms with E-state index in [1.165, 1.54) is 0 Å². The Morgan fingerprint density at radius 2 is 1.86 bits per heavy atom. The van der Waals surface area contributed by atoms with Gasteiger partial charge in [0.15, 0.2) is 0 Å². The van der Waals surface area contributed by atoms with Crippen LogP contribution in [0.1, 0.15) is 33.6 Å². The lowest BCUT2D eigenvalue weighted by Gasteiger charge is -2.25. The van der Waals surface area contributed by atoms with Crippen LogP contribution in [0.3, 0.4) is 0 Å². The van der Waals surface area contributed by atoms with Crippen molar-refractivity contribution < 1.29 is 18.5 Å². The maximum atomic E-state index is 12.9. The van der Waals surface area contributed by atoms with Crippen molar-refractivity contribution in [2.45, 2.75) is 23.8 Å². The van der Waals surface area contributed by atoms with E-state index in [4.69, 9.17) is 10.5 Å². The summed E-state index contributed by atoms with van der Waals surface area (Å²) in [4.78, 5) is 25.1. The highest BCUT2D eigenvalue weighted by molar-refractivity contribution is 7.84. The average molecular weight is 401 g/mol. The molecule has 1 aliphatic heterocycles.